The van der Waals surface area contributed by atoms with Crippen molar-refractivity contribution in [2.45, 2.75) is 25.4 Å². The number of carbonyl (C=O) groups is 1. The van der Waals surface area contributed by atoms with E-state index in [1.54, 1.807) is 0 Å². The van der Waals surface area contributed by atoms with Crippen molar-refractivity contribution in [3.63, 3.8) is 0 Å². The molecular formula is C14H16O2S. The Labute approximate surface area is 106 Å². The van der Waals surface area contributed by atoms with E-state index in [9.17, 15) is 4.79 Å². The quantitative estimate of drug-likeness (QED) is 0.766. The number of benzene rings is 1. The summed E-state index contributed by atoms with van der Waals surface area (Å²) in [6.07, 6.45) is 3.72. The van der Waals surface area contributed by atoms with Gasteiger partial charge in [0, 0.05) is 17.2 Å². The number of thioether (sulfide) groups is 1. The fourth-order valence-electron chi connectivity index (χ4n) is 2.08. The molecular weight excluding hydrogens is 232 g/mol. The van der Waals surface area contributed by atoms with E-state index in [2.05, 4.69) is 0 Å². The van der Waals surface area contributed by atoms with Crippen LogP contribution in [0.5, 0.6) is 5.75 Å². The second-order valence-electron chi connectivity index (χ2n) is 4.77. The van der Waals surface area contributed by atoms with Gasteiger partial charge in [-0.2, -0.15) is 11.8 Å². The lowest BCUT2D eigenvalue weighted by molar-refractivity contribution is 0.0933. The van der Waals surface area contributed by atoms with Gasteiger partial charge in [0.1, 0.15) is 5.75 Å². The van der Waals surface area contributed by atoms with Crippen LogP contribution in [0.4, 0.5) is 0 Å². The Morgan fingerprint density at radius 3 is 2.88 bits per heavy atom. The molecule has 1 saturated carbocycles. The molecule has 3 rings (SSSR count). The number of carbonyl (C=O) groups excluding carboxylic acids is 1. The van der Waals surface area contributed by atoms with Crippen LogP contribution in [0.25, 0.3) is 0 Å². The molecule has 90 valence electrons. The summed E-state index contributed by atoms with van der Waals surface area (Å²) in [6.45, 7) is 0. The van der Waals surface area contributed by atoms with E-state index in [1.807, 2.05) is 36.0 Å². The van der Waals surface area contributed by atoms with Gasteiger partial charge in [0.25, 0.3) is 0 Å². The van der Waals surface area contributed by atoms with Gasteiger partial charge in [-0.1, -0.05) is 12.1 Å². The summed E-state index contributed by atoms with van der Waals surface area (Å²) in [6, 6.07) is 7.68. The van der Waals surface area contributed by atoms with E-state index in [0.717, 1.165) is 42.1 Å². The molecule has 0 radical (unpaired) electrons. The summed E-state index contributed by atoms with van der Waals surface area (Å²) in [5.74, 6) is 3.46. The van der Waals surface area contributed by atoms with Crippen LogP contribution < -0.4 is 4.74 Å². The number of ether oxygens (including phenoxy) is 1. The molecule has 2 fully saturated rings. The van der Waals surface area contributed by atoms with Crippen LogP contribution in [0.3, 0.4) is 0 Å². The molecule has 0 spiro atoms. The minimum absolute atomic E-state index is 0.219. The third-order valence-electron chi connectivity index (χ3n) is 3.25. The lowest BCUT2D eigenvalue weighted by atomic mass is 9.97. The van der Waals surface area contributed by atoms with E-state index in [-0.39, 0.29) is 11.7 Å². The van der Waals surface area contributed by atoms with Crippen LogP contribution in [0, 0.1) is 5.92 Å². The molecule has 0 N–H and O–H groups in total. The smallest absolute Gasteiger partial charge is 0.166 e. The Morgan fingerprint density at radius 2 is 2.18 bits per heavy atom. The van der Waals surface area contributed by atoms with E-state index in [4.69, 9.17) is 4.74 Å². The molecule has 0 amide bonds. The van der Waals surface area contributed by atoms with Gasteiger partial charge in [-0.05, 0) is 37.1 Å². The van der Waals surface area contributed by atoms with Gasteiger partial charge in [0.2, 0.25) is 0 Å². The summed E-state index contributed by atoms with van der Waals surface area (Å²) in [5.41, 5.74) is 0.815. The van der Waals surface area contributed by atoms with Crippen LogP contribution >= 0.6 is 11.8 Å². The summed E-state index contributed by atoms with van der Waals surface area (Å²) in [7, 11) is 0. The average molecular weight is 248 g/mol. The minimum Gasteiger partial charge on any atom is -0.490 e. The Morgan fingerprint density at radius 1 is 1.29 bits per heavy atom. The Hall–Kier alpha value is -0.960. The molecule has 0 bridgehead atoms. The first-order valence-corrected chi connectivity index (χ1v) is 7.37. The monoisotopic (exact) mass is 248 g/mol. The van der Waals surface area contributed by atoms with Crippen molar-refractivity contribution >= 4 is 17.5 Å². The molecule has 1 aromatic rings. The van der Waals surface area contributed by atoms with Gasteiger partial charge in [0.05, 0.1) is 6.10 Å². The molecule has 2 aliphatic rings. The Balaban J connectivity index is 1.74. The van der Waals surface area contributed by atoms with Crippen LogP contribution in [0.1, 0.15) is 29.6 Å². The molecule has 3 heteroatoms. The molecule has 1 aromatic carbocycles. The highest BCUT2D eigenvalue weighted by atomic mass is 32.2. The standard InChI is InChI=1S/C14H16O2S/c15-14(11-6-7-17-9-11)10-2-1-3-13(8-10)16-12-4-5-12/h1-3,8,11-12H,4-7,9H2. The van der Waals surface area contributed by atoms with E-state index in [1.165, 1.54) is 0 Å². The topological polar surface area (TPSA) is 26.3 Å². The lowest BCUT2D eigenvalue weighted by Gasteiger charge is -2.09. The number of ketones is 1. The van der Waals surface area contributed by atoms with Gasteiger partial charge in [0.15, 0.2) is 5.78 Å². The first-order valence-electron chi connectivity index (χ1n) is 6.21. The molecule has 2 nitrogen and oxygen atoms in total. The molecule has 1 aliphatic carbocycles. The van der Waals surface area contributed by atoms with Gasteiger partial charge < -0.3 is 4.74 Å². The normalized spacial score (nSPS) is 23.6. The maximum Gasteiger partial charge on any atom is 0.166 e. The fraction of sp³-hybridized carbons (Fsp3) is 0.500. The predicted molar refractivity (Wildman–Crippen MR) is 69.9 cm³/mol. The molecule has 1 saturated heterocycles. The number of hydrogen-bond donors (Lipinski definition) is 0. The van der Waals surface area contributed by atoms with Crippen molar-refractivity contribution in [2.75, 3.05) is 11.5 Å². The zero-order valence-electron chi connectivity index (χ0n) is 9.72. The van der Waals surface area contributed by atoms with Gasteiger partial charge >= 0.3 is 0 Å². The van der Waals surface area contributed by atoms with Gasteiger partial charge in [-0.3, -0.25) is 4.79 Å². The predicted octanol–water partition coefficient (Wildman–Crippen LogP) is 3.16. The first kappa shape index (κ1) is 11.1. The van der Waals surface area contributed by atoms with Crippen molar-refractivity contribution < 1.29 is 9.53 Å². The van der Waals surface area contributed by atoms with Crippen molar-refractivity contribution in [2.24, 2.45) is 5.92 Å². The average Bonchev–Trinajstić information content (AvgIpc) is 2.99. The van der Waals surface area contributed by atoms with Crippen molar-refractivity contribution in [3.05, 3.63) is 29.8 Å². The molecule has 17 heavy (non-hydrogen) atoms. The third kappa shape index (κ3) is 2.65. The summed E-state index contributed by atoms with van der Waals surface area (Å²) in [4.78, 5) is 12.2. The fourth-order valence-corrected chi connectivity index (χ4v) is 3.30. The van der Waals surface area contributed by atoms with Gasteiger partial charge in [-0.25, -0.2) is 0 Å². The lowest BCUT2D eigenvalue weighted by Crippen LogP contribution is -2.13. The van der Waals surface area contributed by atoms with Gasteiger partial charge in [-0.15, -0.1) is 0 Å². The highest BCUT2D eigenvalue weighted by Crippen LogP contribution is 2.30. The minimum atomic E-state index is 0.219. The zero-order chi connectivity index (χ0) is 11.7. The molecule has 1 unspecified atom stereocenters. The van der Waals surface area contributed by atoms with E-state index >= 15 is 0 Å². The number of Topliss-reactive ketones (excluding diaryl/α,β-unsaturated/α-hetero) is 1. The van der Waals surface area contributed by atoms with Crippen LogP contribution in [0.2, 0.25) is 0 Å². The Bertz CT molecular complexity index is 420. The zero-order valence-corrected chi connectivity index (χ0v) is 10.5. The van der Waals surface area contributed by atoms with Crippen LogP contribution in [-0.2, 0) is 0 Å². The Kier molecular flexibility index (Phi) is 3.10. The molecule has 1 aliphatic heterocycles. The van der Waals surface area contributed by atoms with Crippen molar-refractivity contribution in [1.82, 2.24) is 0 Å². The highest BCUT2D eigenvalue weighted by Gasteiger charge is 2.26. The van der Waals surface area contributed by atoms with Crippen LogP contribution in [-0.4, -0.2) is 23.4 Å². The van der Waals surface area contributed by atoms with Crippen molar-refractivity contribution in [3.8, 4) is 5.75 Å². The van der Waals surface area contributed by atoms with Crippen LogP contribution in [0.15, 0.2) is 24.3 Å². The third-order valence-corrected chi connectivity index (χ3v) is 4.41. The first-order chi connectivity index (χ1) is 8.33. The number of rotatable bonds is 4. The summed E-state index contributed by atoms with van der Waals surface area (Å²) >= 11 is 1.88. The summed E-state index contributed by atoms with van der Waals surface area (Å²) in [5, 5.41) is 0. The second kappa shape index (κ2) is 4.73. The second-order valence-corrected chi connectivity index (χ2v) is 5.92. The maximum absolute atomic E-state index is 12.2. The SMILES string of the molecule is O=C(c1cccc(OC2CC2)c1)C1CCSC1. The van der Waals surface area contributed by atoms with E-state index < -0.39 is 0 Å². The molecule has 1 heterocycles. The number of hydrogen-bond acceptors (Lipinski definition) is 3. The largest absolute Gasteiger partial charge is 0.490 e. The molecule has 1 atom stereocenters. The van der Waals surface area contributed by atoms with E-state index in [0.29, 0.717) is 6.10 Å². The highest BCUT2D eigenvalue weighted by molar-refractivity contribution is 7.99. The summed E-state index contributed by atoms with van der Waals surface area (Å²) < 4.78 is 5.72. The van der Waals surface area contributed by atoms with Crippen molar-refractivity contribution in [1.29, 1.82) is 0 Å². The molecule has 0 aromatic heterocycles. The maximum atomic E-state index is 12.2.